The van der Waals surface area contributed by atoms with Gasteiger partial charge in [-0.2, -0.15) is 5.10 Å². The van der Waals surface area contributed by atoms with Gasteiger partial charge >= 0.3 is 0 Å². The number of carbonyl (C=O) groups is 1. The minimum Gasteiger partial charge on any atom is -0.493 e. The summed E-state index contributed by atoms with van der Waals surface area (Å²) in [5.41, 5.74) is 3.33. The SMILES string of the molecule is O=C(c1ccc2ncccc2c1)N1CC[C@H](c2cc(CCOc3ccc(F)c(F)c3)[nH]n2)C1. The Balaban J connectivity index is 1.17. The van der Waals surface area contributed by atoms with Gasteiger partial charge in [0.25, 0.3) is 5.91 Å². The van der Waals surface area contributed by atoms with Crippen LogP contribution in [0.1, 0.15) is 34.1 Å². The number of aromatic amines is 1. The van der Waals surface area contributed by atoms with Gasteiger partial charge in [0, 0.05) is 54.3 Å². The van der Waals surface area contributed by atoms with E-state index < -0.39 is 11.6 Å². The molecular formula is C25H22F2N4O2. The highest BCUT2D eigenvalue weighted by Gasteiger charge is 2.29. The summed E-state index contributed by atoms with van der Waals surface area (Å²) in [7, 11) is 0. The zero-order valence-electron chi connectivity index (χ0n) is 17.8. The van der Waals surface area contributed by atoms with Crippen LogP contribution in [0.5, 0.6) is 5.75 Å². The van der Waals surface area contributed by atoms with Crippen molar-refractivity contribution in [1.29, 1.82) is 0 Å². The highest BCUT2D eigenvalue weighted by atomic mass is 19.2. The van der Waals surface area contributed by atoms with Crippen LogP contribution in [0.4, 0.5) is 8.78 Å². The number of fused-ring (bicyclic) bond motifs is 1. The van der Waals surface area contributed by atoms with Crippen LogP contribution in [0.15, 0.2) is 60.8 Å². The molecule has 8 heteroatoms. The summed E-state index contributed by atoms with van der Waals surface area (Å²) in [4.78, 5) is 19.2. The molecule has 1 amide bonds. The molecule has 0 aliphatic carbocycles. The van der Waals surface area contributed by atoms with Crippen molar-refractivity contribution < 1.29 is 18.3 Å². The maximum Gasteiger partial charge on any atom is 0.253 e. The number of nitrogens with zero attached hydrogens (tertiary/aromatic N) is 3. The van der Waals surface area contributed by atoms with E-state index in [-0.39, 0.29) is 17.6 Å². The number of amides is 1. The second-order valence-electron chi connectivity index (χ2n) is 8.14. The van der Waals surface area contributed by atoms with E-state index in [1.165, 1.54) is 6.07 Å². The average molecular weight is 448 g/mol. The number of nitrogens with one attached hydrogen (secondary N) is 1. The molecule has 0 saturated carbocycles. The van der Waals surface area contributed by atoms with Crippen LogP contribution in [0, 0.1) is 11.6 Å². The molecule has 5 rings (SSSR count). The lowest BCUT2D eigenvalue weighted by atomic mass is 10.0. The number of ether oxygens (including phenoxy) is 1. The minimum absolute atomic E-state index is 0.0129. The Morgan fingerprint density at radius 3 is 2.91 bits per heavy atom. The third-order valence-electron chi connectivity index (χ3n) is 5.93. The van der Waals surface area contributed by atoms with Gasteiger partial charge in [0.2, 0.25) is 0 Å². The van der Waals surface area contributed by atoms with E-state index in [0.717, 1.165) is 40.8 Å². The molecule has 168 valence electrons. The predicted octanol–water partition coefficient (Wildman–Crippen LogP) is 4.49. The summed E-state index contributed by atoms with van der Waals surface area (Å²) in [6.45, 7) is 1.59. The minimum atomic E-state index is -0.933. The first-order chi connectivity index (χ1) is 16.1. The van der Waals surface area contributed by atoms with Gasteiger partial charge in [0.15, 0.2) is 11.6 Å². The topological polar surface area (TPSA) is 71.1 Å². The summed E-state index contributed by atoms with van der Waals surface area (Å²) < 4.78 is 31.8. The second kappa shape index (κ2) is 8.97. The maximum absolute atomic E-state index is 13.3. The third-order valence-corrected chi connectivity index (χ3v) is 5.93. The van der Waals surface area contributed by atoms with E-state index in [1.54, 1.807) is 6.20 Å². The number of aromatic nitrogens is 3. The van der Waals surface area contributed by atoms with Crippen LogP contribution >= 0.6 is 0 Å². The summed E-state index contributed by atoms with van der Waals surface area (Å²) in [5.74, 6) is -1.38. The van der Waals surface area contributed by atoms with Gasteiger partial charge in [-0.3, -0.25) is 14.9 Å². The third kappa shape index (κ3) is 4.55. The largest absolute Gasteiger partial charge is 0.493 e. The highest BCUT2D eigenvalue weighted by molar-refractivity contribution is 5.98. The van der Waals surface area contributed by atoms with Crippen molar-refractivity contribution in [2.24, 2.45) is 0 Å². The smallest absolute Gasteiger partial charge is 0.253 e. The molecule has 1 atom stereocenters. The van der Waals surface area contributed by atoms with E-state index in [9.17, 15) is 13.6 Å². The first kappa shape index (κ1) is 21.1. The van der Waals surface area contributed by atoms with Crippen molar-refractivity contribution in [1.82, 2.24) is 20.1 Å². The number of pyridine rings is 1. The average Bonchev–Trinajstić information content (AvgIpc) is 3.50. The van der Waals surface area contributed by atoms with E-state index in [2.05, 4.69) is 15.2 Å². The molecule has 0 radical (unpaired) electrons. The molecule has 2 aromatic carbocycles. The number of carbonyl (C=O) groups excluding carboxylic acids is 1. The van der Waals surface area contributed by atoms with Gasteiger partial charge in [-0.05, 0) is 48.9 Å². The molecular weight excluding hydrogens is 426 g/mol. The van der Waals surface area contributed by atoms with Crippen molar-refractivity contribution in [2.45, 2.75) is 18.8 Å². The highest BCUT2D eigenvalue weighted by Crippen LogP contribution is 2.28. The molecule has 0 bridgehead atoms. The molecule has 1 aliphatic rings. The Morgan fingerprint density at radius 1 is 1.12 bits per heavy atom. The first-order valence-electron chi connectivity index (χ1n) is 10.8. The molecule has 1 fully saturated rings. The van der Waals surface area contributed by atoms with Crippen LogP contribution in [0.3, 0.4) is 0 Å². The number of likely N-dealkylation sites (tertiary alicyclic amines) is 1. The number of hydrogen-bond donors (Lipinski definition) is 1. The maximum atomic E-state index is 13.3. The van der Waals surface area contributed by atoms with E-state index >= 15 is 0 Å². The van der Waals surface area contributed by atoms with Crippen molar-refractivity contribution in [2.75, 3.05) is 19.7 Å². The normalized spacial score (nSPS) is 15.8. The molecule has 0 spiro atoms. The lowest BCUT2D eigenvalue weighted by Gasteiger charge is -2.16. The van der Waals surface area contributed by atoms with E-state index in [4.69, 9.17) is 4.74 Å². The number of H-pyrrole nitrogens is 1. The second-order valence-corrected chi connectivity index (χ2v) is 8.14. The van der Waals surface area contributed by atoms with Crippen molar-refractivity contribution in [3.05, 3.63) is 89.4 Å². The fourth-order valence-corrected chi connectivity index (χ4v) is 4.14. The fraction of sp³-hybridized carbons (Fsp3) is 0.240. The van der Waals surface area contributed by atoms with E-state index in [1.807, 2.05) is 41.3 Å². The quantitative estimate of drug-likeness (QED) is 0.472. The van der Waals surface area contributed by atoms with Crippen LogP contribution in [-0.4, -0.2) is 45.7 Å². The van der Waals surface area contributed by atoms with Crippen LogP contribution in [0.25, 0.3) is 10.9 Å². The van der Waals surface area contributed by atoms with Crippen molar-refractivity contribution >= 4 is 16.8 Å². The Morgan fingerprint density at radius 2 is 2.03 bits per heavy atom. The summed E-state index contributed by atoms with van der Waals surface area (Å²) >= 11 is 0. The molecule has 1 saturated heterocycles. The standard InChI is InChI=1S/C25H22F2N4O2/c26-21-5-4-20(14-22(21)27)33-11-8-19-13-24(30-29-19)18-7-10-31(15-18)25(32)17-3-6-23-16(12-17)2-1-9-28-23/h1-6,9,12-14,18H,7-8,10-11,15H2,(H,29,30)/t18-/m0/s1. The summed E-state index contributed by atoms with van der Waals surface area (Å²) in [5, 5.41) is 8.38. The lowest BCUT2D eigenvalue weighted by molar-refractivity contribution is 0.0791. The molecule has 33 heavy (non-hydrogen) atoms. The van der Waals surface area contributed by atoms with Crippen molar-refractivity contribution in [3.8, 4) is 5.75 Å². The van der Waals surface area contributed by atoms with Gasteiger partial charge in [-0.15, -0.1) is 0 Å². The lowest BCUT2D eigenvalue weighted by Crippen LogP contribution is -2.28. The number of hydrogen-bond acceptors (Lipinski definition) is 4. The van der Waals surface area contributed by atoms with Crippen LogP contribution < -0.4 is 4.74 Å². The van der Waals surface area contributed by atoms with Gasteiger partial charge in [-0.1, -0.05) is 6.07 Å². The Hall–Kier alpha value is -3.81. The van der Waals surface area contributed by atoms with Crippen LogP contribution in [-0.2, 0) is 6.42 Å². The Kier molecular flexibility index (Phi) is 5.73. The van der Waals surface area contributed by atoms with Gasteiger partial charge in [-0.25, -0.2) is 8.78 Å². The Bertz CT molecular complexity index is 1310. The van der Waals surface area contributed by atoms with Gasteiger partial charge < -0.3 is 9.64 Å². The number of rotatable bonds is 6. The van der Waals surface area contributed by atoms with Crippen LogP contribution in [0.2, 0.25) is 0 Å². The number of benzene rings is 2. The molecule has 6 nitrogen and oxygen atoms in total. The molecule has 4 aromatic rings. The fourth-order valence-electron chi connectivity index (χ4n) is 4.14. The molecule has 3 heterocycles. The zero-order valence-corrected chi connectivity index (χ0v) is 17.8. The number of halogens is 2. The van der Waals surface area contributed by atoms with Crippen molar-refractivity contribution in [3.63, 3.8) is 0 Å². The predicted molar refractivity (Wildman–Crippen MR) is 119 cm³/mol. The molecule has 0 unspecified atom stereocenters. The van der Waals surface area contributed by atoms with E-state index in [0.29, 0.717) is 31.7 Å². The molecule has 2 aromatic heterocycles. The summed E-state index contributed by atoms with van der Waals surface area (Å²) in [6, 6.07) is 14.8. The summed E-state index contributed by atoms with van der Waals surface area (Å²) in [6.07, 6.45) is 3.13. The first-order valence-corrected chi connectivity index (χ1v) is 10.8. The van der Waals surface area contributed by atoms with Gasteiger partial charge in [0.05, 0.1) is 17.8 Å². The molecule has 1 N–H and O–H groups in total. The monoisotopic (exact) mass is 448 g/mol. The zero-order chi connectivity index (χ0) is 22.8. The molecule has 1 aliphatic heterocycles. The van der Waals surface area contributed by atoms with Gasteiger partial charge in [0.1, 0.15) is 5.75 Å². The Labute approximate surface area is 189 Å².